The van der Waals surface area contributed by atoms with Crippen LogP contribution < -0.4 is 10.1 Å². The molecule has 2 rings (SSSR count). The molecule has 0 unspecified atom stereocenters. The van der Waals surface area contributed by atoms with Crippen LogP contribution in [0.3, 0.4) is 0 Å². The smallest absolute Gasteiger partial charge is 0.157 e. The summed E-state index contributed by atoms with van der Waals surface area (Å²) in [6.07, 6.45) is 3.59. The van der Waals surface area contributed by atoms with Gasteiger partial charge >= 0.3 is 0 Å². The van der Waals surface area contributed by atoms with Gasteiger partial charge < -0.3 is 10.1 Å². The monoisotopic (exact) mass is 273 g/mol. The molecule has 0 atom stereocenters. The first-order valence-corrected chi connectivity index (χ1v) is 6.87. The topological polar surface area (TPSA) is 39.1 Å². The Kier molecular flexibility index (Phi) is 4.45. The average molecular weight is 273 g/mol. The van der Waals surface area contributed by atoms with Gasteiger partial charge in [-0.25, -0.2) is 0 Å². The molecule has 0 saturated heterocycles. The fourth-order valence-corrected chi connectivity index (χ4v) is 1.76. The fraction of sp³-hybridized carbons (Fsp3) is 0.438. The quantitative estimate of drug-likeness (QED) is 0.910. The molecule has 0 aliphatic heterocycles. The van der Waals surface area contributed by atoms with Crippen molar-refractivity contribution >= 4 is 0 Å². The van der Waals surface area contributed by atoms with Crippen LogP contribution in [0.5, 0.6) is 5.75 Å². The van der Waals surface area contributed by atoms with Crippen LogP contribution in [0.15, 0.2) is 36.7 Å². The van der Waals surface area contributed by atoms with Gasteiger partial charge in [-0.2, -0.15) is 5.10 Å². The van der Waals surface area contributed by atoms with Gasteiger partial charge in [0.25, 0.3) is 0 Å². The highest BCUT2D eigenvalue weighted by Gasteiger charge is 2.08. The minimum absolute atomic E-state index is 0.141. The van der Waals surface area contributed by atoms with E-state index < -0.39 is 0 Å². The Hall–Kier alpha value is -1.81. The first kappa shape index (κ1) is 14.6. The van der Waals surface area contributed by atoms with Crippen molar-refractivity contribution in [3.8, 4) is 5.75 Å². The van der Waals surface area contributed by atoms with Gasteiger partial charge in [-0.05, 0) is 31.9 Å². The lowest BCUT2D eigenvalue weighted by Crippen LogP contribution is -2.35. The zero-order valence-corrected chi connectivity index (χ0v) is 12.7. The molecular weight excluding hydrogens is 250 g/mol. The van der Waals surface area contributed by atoms with Crippen molar-refractivity contribution in [3.63, 3.8) is 0 Å². The molecule has 0 aliphatic rings. The number of aromatic nitrogens is 2. The van der Waals surface area contributed by atoms with E-state index in [0.29, 0.717) is 6.61 Å². The highest BCUT2D eigenvalue weighted by molar-refractivity contribution is 5.23. The maximum atomic E-state index is 5.67. The summed E-state index contributed by atoms with van der Waals surface area (Å²) < 4.78 is 7.40. The van der Waals surface area contributed by atoms with Crippen LogP contribution in [0, 0.1) is 0 Å². The van der Waals surface area contributed by atoms with E-state index in [1.807, 2.05) is 13.2 Å². The first-order chi connectivity index (χ1) is 9.42. The number of hydrogen-bond acceptors (Lipinski definition) is 3. The van der Waals surface area contributed by atoms with E-state index in [1.54, 1.807) is 10.9 Å². The van der Waals surface area contributed by atoms with Crippen LogP contribution >= 0.6 is 0 Å². The number of nitrogens with zero attached hydrogens (tertiary/aromatic N) is 2. The predicted octanol–water partition coefficient (Wildman–Crippen LogP) is 2.89. The highest BCUT2D eigenvalue weighted by Crippen LogP contribution is 2.12. The molecule has 1 N–H and O–H groups in total. The van der Waals surface area contributed by atoms with Gasteiger partial charge in [-0.3, -0.25) is 4.68 Å². The van der Waals surface area contributed by atoms with Crippen molar-refractivity contribution in [2.45, 2.75) is 39.5 Å². The van der Waals surface area contributed by atoms with Gasteiger partial charge in [0.05, 0.1) is 12.4 Å². The van der Waals surface area contributed by atoms with Gasteiger partial charge in [0, 0.05) is 19.1 Å². The molecule has 1 aromatic carbocycles. The second-order valence-corrected chi connectivity index (χ2v) is 6.06. The van der Waals surface area contributed by atoms with Gasteiger partial charge in [0.2, 0.25) is 0 Å². The van der Waals surface area contributed by atoms with Crippen LogP contribution in [0.1, 0.15) is 31.9 Å². The Labute approximate surface area is 120 Å². The number of nitrogens with one attached hydrogen (secondary N) is 1. The number of rotatable bonds is 5. The Morgan fingerprint density at radius 3 is 2.35 bits per heavy atom. The lowest BCUT2D eigenvalue weighted by Gasteiger charge is -2.20. The second kappa shape index (κ2) is 6.09. The SMILES string of the molecule is Cn1cc(OCc2ccc(CNC(C)(C)C)cc2)cn1. The maximum absolute atomic E-state index is 5.67. The normalized spacial score (nSPS) is 11.6. The van der Waals surface area contributed by atoms with E-state index in [0.717, 1.165) is 17.9 Å². The summed E-state index contributed by atoms with van der Waals surface area (Å²) in [6, 6.07) is 8.49. The van der Waals surface area contributed by atoms with E-state index in [9.17, 15) is 0 Å². The first-order valence-electron chi connectivity index (χ1n) is 6.87. The molecule has 1 heterocycles. The molecule has 0 bridgehead atoms. The van der Waals surface area contributed by atoms with Gasteiger partial charge in [0.1, 0.15) is 6.61 Å². The number of benzene rings is 1. The highest BCUT2D eigenvalue weighted by atomic mass is 16.5. The minimum Gasteiger partial charge on any atom is -0.486 e. The molecule has 0 aliphatic carbocycles. The van der Waals surface area contributed by atoms with Crippen molar-refractivity contribution in [1.29, 1.82) is 0 Å². The molecule has 4 nitrogen and oxygen atoms in total. The Morgan fingerprint density at radius 2 is 1.80 bits per heavy atom. The van der Waals surface area contributed by atoms with Crippen LogP contribution in [-0.4, -0.2) is 15.3 Å². The fourth-order valence-electron chi connectivity index (χ4n) is 1.76. The van der Waals surface area contributed by atoms with Crippen LogP contribution in [0.25, 0.3) is 0 Å². The standard InChI is InChI=1S/C16H23N3O/c1-16(2,3)17-9-13-5-7-14(8-6-13)12-20-15-10-18-19(4)11-15/h5-8,10-11,17H,9,12H2,1-4H3. The second-order valence-electron chi connectivity index (χ2n) is 6.06. The van der Waals surface area contributed by atoms with Gasteiger partial charge in [-0.15, -0.1) is 0 Å². The number of hydrogen-bond donors (Lipinski definition) is 1. The summed E-state index contributed by atoms with van der Waals surface area (Å²) >= 11 is 0. The zero-order chi connectivity index (χ0) is 14.6. The third-order valence-electron chi connectivity index (χ3n) is 2.93. The van der Waals surface area contributed by atoms with Crippen molar-refractivity contribution in [3.05, 3.63) is 47.8 Å². The molecule has 0 spiro atoms. The molecule has 4 heteroatoms. The molecule has 0 fully saturated rings. The van der Waals surface area contributed by atoms with E-state index in [2.05, 4.69) is 55.5 Å². The third kappa shape index (κ3) is 4.70. The molecule has 20 heavy (non-hydrogen) atoms. The van der Waals surface area contributed by atoms with Crippen molar-refractivity contribution in [1.82, 2.24) is 15.1 Å². The van der Waals surface area contributed by atoms with Crippen LogP contribution in [-0.2, 0) is 20.2 Å². The lowest BCUT2D eigenvalue weighted by molar-refractivity contribution is 0.306. The number of aryl methyl sites for hydroxylation is 1. The van der Waals surface area contributed by atoms with Crippen molar-refractivity contribution in [2.24, 2.45) is 7.05 Å². The maximum Gasteiger partial charge on any atom is 0.157 e. The van der Waals surface area contributed by atoms with E-state index in [-0.39, 0.29) is 5.54 Å². The predicted molar refractivity (Wildman–Crippen MR) is 80.6 cm³/mol. The molecule has 0 amide bonds. The molecule has 1 aromatic heterocycles. The molecule has 0 saturated carbocycles. The average Bonchev–Trinajstić information content (AvgIpc) is 2.80. The lowest BCUT2D eigenvalue weighted by atomic mass is 10.1. The Morgan fingerprint density at radius 1 is 1.15 bits per heavy atom. The van der Waals surface area contributed by atoms with Crippen LogP contribution in [0.4, 0.5) is 0 Å². The molecule has 0 radical (unpaired) electrons. The van der Waals surface area contributed by atoms with E-state index in [4.69, 9.17) is 4.74 Å². The summed E-state index contributed by atoms with van der Waals surface area (Å²) in [4.78, 5) is 0. The van der Waals surface area contributed by atoms with Gasteiger partial charge in [-0.1, -0.05) is 24.3 Å². The summed E-state index contributed by atoms with van der Waals surface area (Å²) in [5.74, 6) is 0.797. The largest absolute Gasteiger partial charge is 0.486 e. The molecule has 2 aromatic rings. The molecule has 108 valence electrons. The molecular formula is C16H23N3O. The van der Waals surface area contributed by atoms with E-state index >= 15 is 0 Å². The summed E-state index contributed by atoms with van der Waals surface area (Å²) in [7, 11) is 1.88. The van der Waals surface area contributed by atoms with Crippen molar-refractivity contribution < 1.29 is 4.74 Å². The summed E-state index contributed by atoms with van der Waals surface area (Å²) in [5, 5.41) is 7.55. The van der Waals surface area contributed by atoms with Gasteiger partial charge in [0.15, 0.2) is 5.75 Å². The Bertz CT molecular complexity index is 538. The van der Waals surface area contributed by atoms with Crippen LogP contribution in [0.2, 0.25) is 0 Å². The summed E-state index contributed by atoms with van der Waals surface area (Å²) in [6.45, 7) is 7.96. The van der Waals surface area contributed by atoms with Crippen molar-refractivity contribution in [2.75, 3.05) is 0 Å². The zero-order valence-electron chi connectivity index (χ0n) is 12.7. The number of ether oxygens (including phenoxy) is 1. The minimum atomic E-state index is 0.141. The van der Waals surface area contributed by atoms with E-state index in [1.165, 1.54) is 5.56 Å². The third-order valence-corrected chi connectivity index (χ3v) is 2.93. The summed E-state index contributed by atoms with van der Waals surface area (Å²) in [5.41, 5.74) is 2.58. The Balaban J connectivity index is 1.85.